The maximum atomic E-state index is 11.9. The second kappa shape index (κ2) is 7.75. The van der Waals surface area contributed by atoms with Gasteiger partial charge in [-0.3, -0.25) is 9.59 Å². The van der Waals surface area contributed by atoms with Crippen LogP contribution in [0.1, 0.15) is 46.5 Å². The Kier molecular flexibility index (Phi) is 6.61. The summed E-state index contributed by atoms with van der Waals surface area (Å²) in [6.07, 6.45) is 1.55. The first-order chi connectivity index (χ1) is 9.70. The molecule has 1 amide bonds. The summed E-state index contributed by atoms with van der Waals surface area (Å²) < 4.78 is 0. The second-order valence-corrected chi connectivity index (χ2v) is 6.93. The third-order valence-electron chi connectivity index (χ3n) is 4.15. The molecule has 3 unspecified atom stereocenters. The van der Waals surface area contributed by atoms with Gasteiger partial charge >= 0.3 is 5.97 Å². The average molecular weight is 300 g/mol. The molecule has 6 nitrogen and oxygen atoms in total. The number of carboxylic acids is 1. The third kappa shape index (κ3) is 6.44. The van der Waals surface area contributed by atoms with Gasteiger partial charge in [-0.05, 0) is 30.6 Å². The van der Waals surface area contributed by atoms with E-state index in [0.29, 0.717) is 25.9 Å². The van der Waals surface area contributed by atoms with E-state index in [0.717, 1.165) is 6.42 Å². The minimum absolute atomic E-state index is 0.0159. The first kappa shape index (κ1) is 17.9. The molecule has 0 spiro atoms. The van der Waals surface area contributed by atoms with E-state index in [4.69, 9.17) is 5.11 Å². The van der Waals surface area contributed by atoms with Crippen molar-refractivity contribution in [2.24, 2.45) is 11.3 Å². The predicted octanol–water partition coefficient (Wildman–Crippen LogP) is 0.743. The Labute approximate surface area is 126 Å². The summed E-state index contributed by atoms with van der Waals surface area (Å²) in [5.41, 5.74) is 0.0159. The van der Waals surface area contributed by atoms with Crippen LogP contribution in [0.15, 0.2) is 0 Å². The molecule has 1 aliphatic rings. The van der Waals surface area contributed by atoms with Gasteiger partial charge in [0.2, 0.25) is 5.91 Å². The van der Waals surface area contributed by atoms with E-state index in [1.165, 1.54) is 0 Å². The number of amides is 1. The van der Waals surface area contributed by atoms with Crippen LogP contribution in [0.2, 0.25) is 0 Å². The molecule has 1 aliphatic heterocycles. The third-order valence-corrected chi connectivity index (χ3v) is 4.15. The van der Waals surface area contributed by atoms with Crippen molar-refractivity contribution in [3.8, 4) is 0 Å². The Balaban J connectivity index is 2.35. The van der Waals surface area contributed by atoms with Crippen molar-refractivity contribution in [1.29, 1.82) is 0 Å². The highest BCUT2D eigenvalue weighted by Gasteiger charge is 2.29. The van der Waals surface area contributed by atoms with E-state index in [9.17, 15) is 14.7 Å². The van der Waals surface area contributed by atoms with Crippen LogP contribution >= 0.6 is 0 Å². The van der Waals surface area contributed by atoms with E-state index >= 15 is 0 Å². The van der Waals surface area contributed by atoms with Gasteiger partial charge < -0.3 is 20.8 Å². The Morgan fingerprint density at radius 1 is 1.33 bits per heavy atom. The molecular weight excluding hydrogens is 272 g/mol. The van der Waals surface area contributed by atoms with E-state index in [1.54, 1.807) is 0 Å². The van der Waals surface area contributed by atoms with Crippen molar-refractivity contribution in [3.63, 3.8) is 0 Å². The van der Waals surface area contributed by atoms with Crippen molar-refractivity contribution < 1.29 is 19.8 Å². The zero-order valence-electron chi connectivity index (χ0n) is 13.2. The average Bonchev–Trinajstić information content (AvgIpc) is 2.78. The number of aliphatic hydroxyl groups is 1. The first-order valence-electron chi connectivity index (χ1n) is 7.61. The lowest BCUT2D eigenvalue weighted by Gasteiger charge is -2.30. The number of carbonyl (C=O) groups is 2. The highest BCUT2D eigenvalue weighted by atomic mass is 16.4. The number of rotatable bonds is 7. The molecule has 0 aromatic carbocycles. The van der Waals surface area contributed by atoms with Crippen molar-refractivity contribution in [2.75, 3.05) is 13.1 Å². The summed E-state index contributed by atoms with van der Waals surface area (Å²) in [5, 5.41) is 24.1. The molecule has 1 saturated heterocycles. The van der Waals surface area contributed by atoms with E-state index < -0.39 is 12.1 Å². The molecule has 0 radical (unpaired) electrons. The number of nitrogens with one attached hydrogen (secondary N) is 2. The largest absolute Gasteiger partial charge is 0.481 e. The number of carboxylic acid groups (broad SMARTS) is 1. The molecule has 122 valence electrons. The van der Waals surface area contributed by atoms with Crippen molar-refractivity contribution >= 4 is 11.9 Å². The lowest BCUT2D eigenvalue weighted by Crippen LogP contribution is -2.41. The monoisotopic (exact) mass is 300 g/mol. The quantitative estimate of drug-likeness (QED) is 0.556. The minimum Gasteiger partial charge on any atom is -0.481 e. The van der Waals surface area contributed by atoms with E-state index in [2.05, 4.69) is 31.4 Å². The molecule has 0 aliphatic carbocycles. The molecule has 1 fully saturated rings. The van der Waals surface area contributed by atoms with Crippen LogP contribution in [0.3, 0.4) is 0 Å². The molecule has 0 aromatic rings. The van der Waals surface area contributed by atoms with Crippen LogP contribution in [-0.4, -0.2) is 47.3 Å². The summed E-state index contributed by atoms with van der Waals surface area (Å²) in [4.78, 5) is 22.6. The molecule has 6 heteroatoms. The van der Waals surface area contributed by atoms with Crippen LogP contribution in [0.5, 0.6) is 0 Å². The molecule has 4 N–H and O–H groups in total. The van der Waals surface area contributed by atoms with Crippen LogP contribution in [-0.2, 0) is 9.59 Å². The number of carbonyl (C=O) groups excluding carboxylic acids is 1. The summed E-state index contributed by atoms with van der Waals surface area (Å²) >= 11 is 0. The molecule has 21 heavy (non-hydrogen) atoms. The number of aliphatic hydroxyl groups excluding tert-OH is 1. The summed E-state index contributed by atoms with van der Waals surface area (Å²) in [7, 11) is 0. The minimum atomic E-state index is -0.780. The van der Waals surface area contributed by atoms with Gasteiger partial charge in [0.15, 0.2) is 0 Å². The molecule has 0 saturated carbocycles. The SMILES string of the molecule is CC(C)(C)C(CCNC(=O)C1CC(O)CN1)CCC(=O)O. The van der Waals surface area contributed by atoms with Gasteiger partial charge in [0, 0.05) is 19.5 Å². The lowest BCUT2D eigenvalue weighted by molar-refractivity contribution is -0.137. The van der Waals surface area contributed by atoms with Gasteiger partial charge in [-0.1, -0.05) is 20.8 Å². The van der Waals surface area contributed by atoms with Crippen molar-refractivity contribution in [1.82, 2.24) is 10.6 Å². The van der Waals surface area contributed by atoms with E-state index in [-0.39, 0.29) is 29.7 Å². The lowest BCUT2D eigenvalue weighted by atomic mass is 9.76. The Bertz CT molecular complexity index is 365. The fraction of sp³-hybridized carbons (Fsp3) is 0.867. The van der Waals surface area contributed by atoms with Crippen LogP contribution < -0.4 is 10.6 Å². The Morgan fingerprint density at radius 2 is 2.00 bits per heavy atom. The highest BCUT2D eigenvalue weighted by molar-refractivity contribution is 5.82. The molecular formula is C15H28N2O4. The van der Waals surface area contributed by atoms with Crippen LogP contribution in [0.4, 0.5) is 0 Å². The summed E-state index contributed by atoms with van der Waals surface area (Å²) in [6.45, 7) is 7.28. The molecule has 0 aromatic heterocycles. The van der Waals surface area contributed by atoms with Crippen LogP contribution in [0.25, 0.3) is 0 Å². The number of hydrogen-bond acceptors (Lipinski definition) is 4. The smallest absolute Gasteiger partial charge is 0.303 e. The highest BCUT2D eigenvalue weighted by Crippen LogP contribution is 2.32. The van der Waals surface area contributed by atoms with Gasteiger partial charge in [0.05, 0.1) is 12.1 Å². The molecule has 3 atom stereocenters. The topological polar surface area (TPSA) is 98.7 Å². The zero-order chi connectivity index (χ0) is 16.0. The van der Waals surface area contributed by atoms with Gasteiger partial charge in [0.1, 0.15) is 0 Å². The van der Waals surface area contributed by atoms with Crippen molar-refractivity contribution in [3.05, 3.63) is 0 Å². The predicted molar refractivity (Wildman–Crippen MR) is 79.9 cm³/mol. The van der Waals surface area contributed by atoms with E-state index in [1.807, 2.05) is 0 Å². The zero-order valence-corrected chi connectivity index (χ0v) is 13.2. The molecule has 1 rings (SSSR count). The number of hydrogen-bond donors (Lipinski definition) is 4. The molecule has 1 heterocycles. The molecule has 0 bridgehead atoms. The van der Waals surface area contributed by atoms with Gasteiger partial charge in [-0.15, -0.1) is 0 Å². The second-order valence-electron chi connectivity index (χ2n) is 6.93. The van der Waals surface area contributed by atoms with Gasteiger partial charge in [0.25, 0.3) is 0 Å². The maximum Gasteiger partial charge on any atom is 0.303 e. The number of aliphatic carboxylic acids is 1. The maximum absolute atomic E-state index is 11.9. The van der Waals surface area contributed by atoms with Gasteiger partial charge in [-0.25, -0.2) is 0 Å². The summed E-state index contributed by atoms with van der Waals surface area (Å²) in [5.74, 6) is -0.620. The Hall–Kier alpha value is -1.14. The standard InChI is InChI=1S/C15H28N2O4/c1-15(2,3)10(4-5-13(19)20)6-7-16-14(21)12-8-11(18)9-17-12/h10-12,17-18H,4-9H2,1-3H3,(H,16,21)(H,19,20). The van der Waals surface area contributed by atoms with Crippen molar-refractivity contribution in [2.45, 2.75) is 58.6 Å². The fourth-order valence-corrected chi connectivity index (χ4v) is 2.72. The fourth-order valence-electron chi connectivity index (χ4n) is 2.72. The normalized spacial score (nSPS) is 23.8. The Morgan fingerprint density at radius 3 is 2.48 bits per heavy atom. The number of β-amino-alcohol motifs (C(OH)–C–C–N with tert-alkyl or cyclic N) is 1. The van der Waals surface area contributed by atoms with Crippen LogP contribution in [0, 0.1) is 11.3 Å². The summed E-state index contributed by atoms with van der Waals surface area (Å²) in [6, 6.07) is -0.313. The first-order valence-corrected chi connectivity index (χ1v) is 7.61. The van der Waals surface area contributed by atoms with Gasteiger partial charge in [-0.2, -0.15) is 0 Å².